The second-order valence-corrected chi connectivity index (χ2v) is 3.77. The van der Waals surface area contributed by atoms with Crippen LogP contribution in [-0.2, 0) is 22.4 Å². The van der Waals surface area contributed by atoms with Crippen LogP contribution >= 0.6 is 0 Å². The fourth-order valence-corrected chi connectivity index (χ4v) is 1.99. The maximum Gasteiger partial charge on any atom is 0.142 e. The van der Waals surface area contributed by atoms with Crippen molar-refractivity contribution in [2.75, 3.05) is 13.7 Å². The van der Waals surface area contributed by atoms with E-state index in [1.165, 1.54) is 11.1 Å². The number of hydrogen-bond donors (Lipinski definition) is 0. The smallest absolute Gasteiger partial charge is 0.142 e. The van der Waals surface area contributed by atoms with Gasteiger partial charge in [0.15, 0.2) is 0 Å². The van der Waals surface area contributed by atoms with E-state index in [9.17, 15) is 4.79 Å². The molecule has 0 radical (unpaired) electrons. The lowest BCUT2D eigenvalue weighted by Crippen LogP contribution is -2.28. The van der Waals surface area contributed by atoms with Crippen LogP contribution in [0.2, 0.25) is 0 Å². The second-order valence-electron chi connectivity index (χ2n) is 3.77. The molecular formula is C12H14O2. The average Bonchev–Trinajstić information content (AvgIpc) is 2.19. The van der Waals surface area contributed by atoms with Gasteiger partial charge in [0.25, 0.3) is 0 Å². The summed E-state index contributed by atoms with van der Waals surface area (Å²) in [5.41, 5.74) is 2.49. The molecule has 0 bridgehead atoms. The Labute approximate surface area is 83.9 Å². The Balaban J connectivity index is 2.22. The standard InChI is InChI=1S/C12H14O2/c1-14-8-11-6-9-4-2-3-5-10(9)7-12(11)13/h2-5,11H,6-8H2,1H3. The Bertz CT molecular complexity index is 344. The van der Waals surface area contributed by atoms with E-state index in [1.807, 2.05) is 18.2 Å². The molecule has 1 aliphatic rings. The molecule has 14 heavy (non-hydrogen) atoms. The van der Waals surface area contributed by atoms with Crippen LogP contribution in [0.15, 0.2) is 24.3 Å². The van der Waals surface area contributed by atoms with E-state index < -0.39 is 0 Å². The minimum atomic E-state index is 0.0647. The number of Topliss-reactive ketones (excluding diaryl/α,β-unsaturated/α-hetero) is 1. The first-order valence-electron chi connectivity index (χ1n) is 4.89. The number of ether oxygens (including phenoxy) is 1. The summed E-state index contributed by atoms with van der Waals surface area (Å²) in [5, 5.41) is 0. The monoisotopic (exact) mass is 190 g/mol. The maximum atomic E-state index is 11.7. The zero-order valence-corrected chi connectivity index (χ0v) is 8.32. The Kier molecular flexibility index (Phi) is 2.64. The highest BCUT2D eigenvalue weighted by atomic mass is 16.5. The van der Waals surface area contributed by atoms with Gasteiger partial charge in [-0.1, -0.05) is 24.3 Å². The minimum Gasteiger partial charge on any atom is -0.384 e. The summed E-state index contributed by atoms with van der Waals surface area (Å²) in [5.74, 6) is 0.375. The van der Waals surface area contributed by atoms with E-state index in [0.29, 0.717) is 18.8 Å². The normalized spacial score (nSPS) is 20.6. The van der Waals surface area contributed by atoms with Gasteiger partial charge in [0.1, 0.15) is 5.78 Å². The summed E-state index contributed by atoms with van der Waals surface area (Å²) in [6, 6.07) is 8.15. The first kappa shape index (κ1) is 9.41. The number of rotatable bonds is 2. The Morgan fingerprint density at radius 2 is 2.07 bits per heavy atom. The fourth-order valence-electron chi connectivity index (χ4n) is 1.99. The predicted molar refractivity (Wildman–Crippen MR) is 54.2 cm³/mol. The van der Waals surface area contributed by atoms with Crippen LogP contribution in [0.4, 0.5) is 0 Å². The van der Waals surface area contributed by atoms with Crippen molar-refractivity contribution in [2.24, 2.45) is 5.92 Å². The molecule has 0 spiro atoms. The summed E-state index contributed by atoms with van der Waals surface area (Å²) in [6.07, 6.45) is 1.41. The van der Waals surface area contributed by atoms with Gasteiger partial charge >= 0.3 is 0 Å². The van der Waals surface area contributed by atoms with E-state index in [1.54, 1.807) is 7.11 Å². The number of fused-ring (bicyclic) bond motifs is 1. The van der Waals surface area contributed by atoms with Crippen molar-refractivity contribution in [3.63, 3.8) is 0 Å². The van der Waals surface area contributed by atoms with Gasteiger partial charge in [-0.05, 0) is 17.5 Å². The molecule has 1 atom stereocenters. The van der Waals surface area contributed by atoms with E-state index in [2.05, 4.69) is 6.07 Å². The Morgan fingerprint density at radius 1 is 1.36 bits per heavy atom. The molecule has 0 amide bonds. The number of carbonyl (C=O) groups excluding carboxylic acids is 1. The third-order valence-corrected chi connectivity index (χ3v) is 2.77. The van der Waals surface area contributed by atoms with Crippen molar-refractivity contribution in [1.29, 1.82) is 0 Å². The second kappa shape index (κ2) is 3.93. The van der Waals surface area contributed by atoms with Gasteiger partial charge in [0.2, 0.25) is 0 Å². The highest BCUT2D eigenvalue weighted by Crippen LogP contribution is 2.22. The van der Waals surface area contributed by atoms with Gasteiger partial charge in [-0.15, -0.1) is 0 Å². The van der Waals surface area contributed by atoms with Crippen LogP contribution in [-0.4, -0.2) is 19.5 Å². The number of hydrogen-bond acceptors (Lipinski definition) is 2. The zero-order chi connectivity index (χ0) is 9.97. The molecule has 0 aliphatic heterocycles. The van der Waals surface area contributed by atoms with Crippen LogP contribution in [0.1, 0.15) is 11.1 Å². The number of methoxy groups -OCH3 is 1. The van der Waals surface area contributed by atoms with Crippen molar-refractivity contribution in [2.45, 2.75) is 12.8 Å². The van der Waals surface area contributed by atoms with Crippen molar-refractivity contribution >= 4 is 5.78 Å². The molecule has 2 nitrogen and oxygen atoms in total. The van der Waals surface area contributed by atoms with Crippen LogP contribution in [0.5, 0.6) is 0 Å². The Hall–Kier alpha value is -1.15. The van der Waals surface area contributed by atoms with Crippen molar-refractivity contribution < 1.29 is 9.53 Å². The minimum absolute atomic E-state index is 0.0647. The van der Waals surface area contributed by atoms with Crippen LogP contribution in [0.25, 0.3) is 0 Å². The van der Waals surface area contributed by atoms with Crippen LogP contribution in [0.3, 0.4) is 0 Å². The van der Waals surface area contributed by atoms with E-state index in [0.717, 1.165) is 6.42 Å². The highest BCUT2D eigenvalue weighted by Gasteiger charge is 2.25. The third-order valence-electron chi connectivity index (χ3n) is 2.77. The summed E-state index contributed by atoms with van der Waals surface area (Å²) in [4.78, 5) is 11.7. The van der Waals surface area contributed by atoms with Crippen molar-refractivity contribution in [3.8, 4) is 0 Å². The van der Waals surface area contributed by atoms with Crippen LogP contribution < -0.4 is 0 Å². The molecule has 0 heterocycles. The lowest BCUT2D eigenvalue weighted by atomic mass is 9.83. The maximum absolute atomic E-state index is 11.7. The van der Waals surface area contributed by atoms with Gasteiger partial charge in [0.05, 0.1) is 6.61 Å². The van der Waals surface area contributed by atoms with Crippen molar-refractivity contribution in [3.05, 3.63) is 35.4 Å². The summed E-state index contributed by atoms with van der Waals surface area (Å²) >= 11 is 0. The van der Waals surface area contributed by atoms with E-state index in [4.69, 9.17) is 4.74 Å². The summed E-state index contributed by atoms with van der Waals surface area (Å²) in [7, 11) is 1.65. The molecule has 74 valence electrons. The third kappa shape index (κ3) is 1.70. The lowest BCUT2D eigenvalue weighted by Gasteiger charge is -2.22. The molecule has 1 unspecified atom stereocenters. The molecule has 0 fully saturated rings. The molecule has 1 aromatic carbocycles. The highest BCUT2D eigenvalue weighted by molar-refractivity contribution is 5.85. The van der Waals surface area contributed by atoms with E-state index in [-0.39, 0.29) is 5.92 Å². The largest absolute Gasteiger partial charge is 0.384 e. The van der Waals surface area contributed by atoms with Gasteiger partial charge < -0.3 is 4.74 Å². The first-order valence-corrected chi connectivity index (χ1v) is 4.89. The number of carbonyl (C=O) groups is 1. The molecule has 2 rings (SSSR count). The van der Waals surface area contributed by atoms with Crippen LogP contribution in [0, 0.1) is 5.92 Å². The van der Waals surface area contributed by atoms with Gasteiger partial charge in [-0.2, -0.15) is 0 Å². The van der Waals surface area contributed by atoms with E-state index >= 15 is 0 Å². The molecule has 0 N–H and O–H groups in total. The zero-order valence-electron chi connectivity index (χ0n) is 8.32. The molecule has 1 aliphatic carbocycles. The number of benzene rings is 1. The average molecular weight is 190 g/mol. The van der Waals surface area contributed by atoms with Gasteiger partial charge in [0, 0.05) is 19.4 Å². The first-order chi connectivity index (χ1) is 6.81. The molecule has 0 saturated carbocycles. The molecule has 0 saturated heterocycles. The topological polar surface area (TPSA) is 26.3 Å². The molecular weight excluding hydrogens is 176 g/mol. The van der Waals surface area contributed by atoms with Gasteiger partial charge in [-0.25, -0.2) is 0 Å². The number of ketones is 1. The predicted octanol–water partition coefficient (Wildman–Crippen LogP) is 1.62. The molecule has 1 aromatic rings. The Morgan fingerprint density at radius 3 is 2.79 bits per heavy atom. The van der Waals surface area contributed by atoms with Crippen molar-refractivity contribution in [1.82, 2.24) is 0 Å². The molecule has 0 aromatic heterocycles. The SMILES string of the molecule is COCC1Cc2ccccc2CC1=O. The lowest BCUT2D eigenvalue weighted by molar-refractivity contribution is -0.124. The molecule has 2 heteroatoms. The fraction of sp³-hybridized carbons (Fsp3) is 0.417. The quantitative estimate of drug-likeness (QED) is 0.708. The van der Waals surface area contributed by atoms with Gasteiger partial charge in [-0.3, -0.25) is 4.79 Å². The summed E-state index contributed by atoms with van der Waals surface area (Å²) < 4.78 is 5.05. The summed E-state index contributed by atoms with van der Waals surface area (Å²) in [6.45, 7) is 0.549.